The molecule has 8 nitrogen and oxygen atoms in total. The molecule has 1 saturated heterocycles. The third kappa shape index (κ3) is 4.82. The molecule has 0 saturated carbocycles. The number of aryl methyl sites for hydroxylation is 2. The van der Waals surface area contributed by atoms with Gasteiger partial charge < -0.3 is 9.42 Å². The maximum absolute atomic E-state index is 13.3. The van der Waals surface area contributed by atoms with E-state index in [9.17, 15) is 9.18 Å². The molecule has 0 N–H and O–H groups in total. The van der Waals surface area contributed by atoms with Crippen LogP contribution in [-0.2, 0) is 6.54 Å². The summed E-state index contributed by atoms with van der Waals surface area (Å²) in [5.74, 6) is 0.590. The van der Waals surface area contributed by atoms with Gasteiger partial charge in [0, 0.05) is 31.7 Å². The standard InChI is InChI=1S/C25H24ClFN6O2/c1-16-3-5-18(6-4-16)24-28-21(35-30-24)15-31-11-13-32(14-12-31)25(34)22-17(2)29-33(23(22)26)20-9-7-19(27)8-10-20/h3-10H,11-15H2,1-2H3. The molecule has 0 bridgehead atoms. The third-order valence-corrected chi connectivity index (χ3v) is 6.43. The fourth-order valence-electron chi connectivity index (χ4n) is 4.09. The molecule has 180 valence electrons. The summed E-state index contributed by atoms with van der Waals surface area (Å²) < 4.78 is 20.2. The number of benzene rings is 2. The number of rotatable bonds is 5. The Morgan fingerprint density at radius 2 is 1.71 bits per heavy atom. The van der Waals surface area contributed by atoms with Crippen LogP contribution in [0.5, 0.6) is 0 Å². The van der Waals surface area contributed by atoms with Gasteiger partial charge in [0.1, 0.15) is 11.0 Å². The number of halogens is 2. The number of carbonyl (C=O) groups excluding carboxylic acids is 1. The van der Waals surface area contributed by atoms with Crippen LogP contribution in [0.2, 0.25) is 5.15 Å². The molecule has 1 aliphatic heterocycles. The molecule has 3 heterocycles. The molecule has 0 atom stereocenters. The highest BCUT2D eigenvalue weighted by atomic mass is 35.5. The van der Waals surface area contributed by atoms with Gasteiger partial charge in [-0.15, -0.1) is 0 Å². The Bertz CT molecular complexity index is 1340. The molecule has 2 aromatic heterocycles. The summed E-state index contributed by atoms with van der Waals surface area (Å²) in [7, 11) is 0. The van der Waals surface area contributed by atoms with E-state index < -0.39 is 0 Å². The molecule has 0 spiro atoms. The molecule has 10 heteroatoms. The first-order valence-corrected chi connectivity index (χ1v) is 11.7. The van der Waals surface area contributed by atoms with Crippen molar-refractivity contribution in [1.82, 2.24) is 29.7 Å². The van der Waals surface area contributed by atoms with Crippen molar-refractivity contribution in [2.24, 2.45) is 0 Å². The van der Waals surface area contributed by atoms with E-state index in [1.54, 1.807) is 24.0 Å². The molecule has 1 aliphatic rings. The fourth-order valence-corrected chi connectivity index (χ4v) is 4.45. The van der Waals surface area contributed by atoms with Crippen LogP contribution < -0.4 is 0 Å². The predicted octanol–water partition coefficient (Wildman–Crippen LogP) is 4.29. The minimum Gasteiger partial charge on any atom is -0.338 e. The van der Waals surface area contributed by atoms with Gasteiger partial charge in [-0.2, -0.15) is 10.1 Å². The molecular weight excluding hydrogens is 471 g/mol. The van der Waals surface area contributed by atoms with E-state index >= 15 is 0 Å². The Kier molecular flexibility index (Phi) is 6.36. The molecule has 0 aliphatic carbocycles. The summed E-state index contributed by atoms with van der Waals surface area (Å²) in [6, 6.07) is 13.8. The lowest BCUT2D eigenvalue weighted by Gasteiger charge is -2.33. The quantitative estimate of drug-likeness (QED) is 0.412. The third-order valence-electron chi connectivity index (χ3n) is 6.09. The summed E-state index contributed by atoms with van der Waals surface area (Å²) >= 11 is 6.54. The minimum atomic E-state index is -0.352. The topological polar surface area (TPSA) is 80.3 Å². The minimum absolute atomic E-state index is 0.167. The molecule has 1 fully saturated rings. The number of hydrogen-bond donors (Lipinski definition) is 0. The lowest BCUT2D eigenvalue weighted by molar-refractivity contribution is 0.0614. The van der Waals surface area contributed by atoms with Crippen LogP contribution in [0.4, 0.5) is 4.39 Å². The highest BCUT2D eigenvalue weighted by Gasteiger charge is 2.28. The van der Waals surface area contributed by atoms with Crippen LogP contribution in [0.3, 0.4) is 0 Å². The molecular formula is C25H24ClFN6O2. The second-order valence-corrected chi connectivity index (χ2v) is 8.94. The first-order chi connectivity index (χ1) is 16.9. The Labute approximate surface area is 206 Å². The van der Waals surface area contributed by atoms with Gasteiger partial charge >= 0.3 is 0 Å². The second-order valence-electron chi connectivity index (χ2n) is 8.59. The van der Waals surface area contributed by atoms with Crippen molar-refractivity contribution >= 4 is 17.5 Å². The van der Waals surface area contributed by atoms with E-state index in [1.165, 1.54) is 22.4 Å². The van der Waals surface area contributed by atoms with Gasteiger partial charge in [0.2, 0.25) is 11.7 Å². The summed E-state index contributed by atoms with van der Waals surface area (Å²) in [6.45, 7) is 6.69. The lowest BCUT2D eigenvalue weighted by Crippen LogP contribution is -2.48. The molecule has 1 amide bonds. The summed E-state index contributed by atoms with van der Waals surface area (Å²) in [4.78, 5) is 21.7. The Balaban J connectivity index is 1.22. The van der Waals surface area contributed by atoms with E-state index in [2.05, 4.69) is 20.1 Å². The van der Waals surface area contributed by atoms with Gasteiger partial charge in [-0.1, -0.05) is 46.6 Å². The van der Waals surface area contributed by atoms with Crippen LogP contribution >= 0.6 is 11.6 Å². The normalized spacial score (nSPS) is 14.5. The highest BCUT2D eigenvalue weighted by molar-refractivity contribution is 6.33. The zero-order valence-corrected chi connectivity index (χ0v) is 20.2. The molecule has 2 aromatic carbocycles. The number of hydrogen-bond acceptors (Lipinski definition) is 6. The maximum atomic E-state index is 13.3. The van der Waals surface area contributed by atoms with Gasteiger partial charge in [0.15, 0.2) is 0 Å². The van der Waals surface area contributed by atoms with Crippen LogP contribution in [0, 0.1) is 19.7 Å². The zero-order chi connectivity index (χ0) is 24.5. The average Bonchev–Trinajstić information content (AvgIpc) is 3.44. The number of nitrogens with zero attached hydrogens (tertiary/aromatic N) is 6. The van der Waals surface area contributed by atoms with E-state index in [4.69, 9.17) is 16.1 Å². The van der Waals surface area contributed by atoms with Crippen molar-refractivity contribution in [2.75, 3.05) is 26.2 Å². The predicted molar refractivity (Wildman–Crippen MR) is 129 cm³/mol. The first kappa shape index (κ1) is 23.2. The second kappa shape index (κ2) is 9.59. The van der Waals surface area contributed by atoms with Crippen molar-refractivity contribution in [3.63, 3.8) is 0 Å². The van der Waals surface area contributed by atoms with Gasteiger partial charge in [0.05, 0.1) is 23.5 Å². The monoisotopic (exact) mass is 494 g/mol. The van der Waals surface area contributed by atoms with E-state index in [-0.39, 0.29) is 16.9 Å². The van der Waals surface area contributed by atoms with Gasteiger partial charge in [-0.25, -0.2) is 9.07 Å². The number of carbonyl (C=O) groups is 1. The first-order valence-electron chi connectivity index (χ1n) is 11.3. The zero-order valence-electron chi connectivity index (χ0n) is 19.4. The van der Waals surface area contributed by atoms with Crippen LogP contribution in [-0.4, -0.2) is 61.8 Å². The summed E-state index contributed by atoms with van der Waals surface area (Å²) in [5, 5.41) is 8.72. The van der Waals surface area contributed by atoms with Crippen LogP contribution in [0.25, 0.3) is 17.1 Å². The maximum Gasteiger partial charge on any atom is 0.258 e. The van der Waals surface area contributed by atoms with Gasteiger partial charge in [0.25, 0.3) is 5.91 Å². The Morgan fingerprint density at radius 3 is 2.40 bits per heavy atom. The fraction of sp³-hybridized carbons (Fsp3) is 0.280. The summed E-state index contributed by atoms with van der Waals surface area (Å²) in [5.41, 5.74) is 3.57. The van der Waals surface area contributed by atoms with Crippen molar-refractivity contribution in [3.8, 4) is 17.1 Å². The van der Waals surface area contributed by atoms with Gasteiger partial charge in [-0.05, 0) is 38.1 Å². The van der Waals surface area contributed by atoms with Crippen molar-refractivity contribution < 1.29 is 13.7 Å². The SMILES string of the molecule is Cc1ccc(-c2noc(CN3CCN(C(=O)c4c(C)nn(-c5ccc(F)cc5)c4Cl)CC3)n2)cc1. The highest BCUT2D eigenvalue weighted by Crippen LogP contribution is 2.26. The molecule has 0 unspecified atom stereocenters. The Hall–Kier alpha value is -3.56. The van der Waals surface area contributed by atoms with E-state index in [1.807, 2.05) is 31.2 Å². The molecule has 35 heavy (non-hydrogen) atoms. The largest absolute Gasteiger partial charge is 0.338 e. The summed E-state index contributed by atoms with van der Waals surface area (Å²) in [6.07, 6.45) is 0. The van der Waals surface area contributed by atoms with Crippen LogP contribution in [0.1, 0.15) is 27.5 Å². The van der Waals surface area contributed by atoms with E-state index in [0.29, 0.717) is 61.4 Å². The lowest BCUT2D eigenvalue weighted by atomic mass is 10.1. The molecule has 0 radical (unpaired) electrons. The van der Waals surface area contributed by atoms with Crippen molar-refractivity contribution in [1.29, 1.82) is 0 Å². The van der Waals surface area contributed by atoms with Crippen molar-refractivity contribution in [2.45, 2.75) is 20.4 Å². The Morgan fingerprint density at radius 1 is 1.03 bits per heavy atom. The smallest absolute Gasteiger partial charge is 0.258 e. The van der Waals surface area contributed by atoms with Crippen molar-refractivity contribution in [3.05, 3.63) is 82.2 Å². The average molecular weight is 495 g/mol. The number of piperazine rings is 1. The van der Waals surface area contributed by atoms with E-state index in [0.717, 1.165) is 5.56 Å². The van der Waals surface area contributed by atoms with Gasteiger partial charge in [-0.3, -0.25) is 9.69 Å². The molecule has 5 rings (SSSR count). The molecule has 4 aromatic rings. The number of amides is 1. The number of aromatic nitrogens is 4. The van der Waals surface area contributed by atoms with Crippen LogP contribution in [0.15, 0.2) is 53.1 Å².